The molecule has 3 N–H and O–H groups in total. The van der Waals surface area contributed by atoms with E-state index in [1.807, 2.05) is 20.2 Å². The Morgan fingerprint density at radius 1 is 0.949 bits per heavy atom. The maximum atomic E-state index is 14.7. The van der Waals surface area contributed by atoms with Gasteiger partial charge in [-0.15, -0.1) is 0 Å². The molecule has 4 amide bonds. The van der Waals surface area contributed by atoms with Crippen molar-refractivity contribution in [3.05, 3.63) is 66.7 Å². The molecule has 0 radical (unpaired) electrons. The number of nitrogens with one attached hydrogen (secondary N) is 3. The number of amides is 4. The standard InChI is InChI=1S/C27H30FN7O4/c1-34(2)20-10-12-35(13-11-20)27(38)33-23-15-26(30-17-29-23)39-22-9-8-19(14-21(22)28)32-25(37)16-24(36)31-18-6-4-3-5-7-18/h3-9,14-15,17,20H,10-13,16H2,1-2H3,(H,31,36)(H,32,37)(H,29,30,33,38). The van der Waals surface area contributed by atoms with Crippen molar-refractivity contribution in [3.63, 3.8) is 0 Å². The molecule has 0 spiro atoms. The molecule has 3 aromatic rings. The van der Waals surface area contributed by atoms with E-state index < -0.39 is 24.1 Å². The summed E-state index contributed by atoms with van der Waals surface area (Å²) in [4.78, 5) is 48.8. The van der Waals surface area contributed by atoms with Gasteiger partial charge in [-0.1, -0.05) is 18.2 Å². The molecule has 1 fully saturated rings. The number of aromatic nitrogens is 2. The molecule has 12 heteroatoms. The monoisotopic (exact) mass is 535 g/mol. The lowest BCUT2D eigenvalue weighted by atomic mass is 10.0. The number of nitrogens with zero attached hydrogens (tertiary/aromatic N) is 4. The quantitative estimate of drug-likeness (QED) is 0.373. The molecule has 2 aromatic carbocycles. The van der Waals surface area contributed by atoms with Crippen molar-refractivity contribution in [2.75, 3.05) is 43.1 Å². The third-order valence-electron chi connectivity index (χ3n) is 6.17. The number of rotatable bonds is 8. The number of anilines is 3. The van der Waals surface area contributed by atoms with Crippen LogP contribution >= 0.6 is 0 Å². The summed E-state index contributed by atoms with van der Waals surface area (Å²) in [6, 6.07) is 14.1. The molecule has 204 valence electrons. The molecule has 2 heterocycles. The maximum absolute atomic E-state index is 14.7. The third kappa shape index (κ3) is 7.95. The number of likely N-dealkylation sites (tertiary alicyclic amines) is 1. The van der Waals surface area contributed by atoms with Crippen LogP contribution in [0.2, 0.25) is 0 Å². The summed E-state index contributed by atoms with van der Waals surface area (Å²) >= 11 is 0. The summed E-state index contributed by atoms with van der Waals surface area (Å²) < 4.78 is 20.2. The van der Waals surface area contributed by atoms with Crippen LogP contribution in [-0.4, -0.2) is 70.8 Å². The average molecular weight is 536 g/mol. The largest absolute Gasteiger partial charge is 0.436 e. The second kappa shape index (κ2) is 12.8. The molecular weight excluding hydrogens is 505 g/mol. The Morgan fingerprint density at radius 2 is 1.64 bits per heavy atom. The fraction of sp³-hybridized carbons (Fsp3) is 0.296. The van der Waals surface area contributed by atoms with Crippen molar-refractivity contribution >= 4 is 35.0 Å². The van der Waals surface area contributed by atoms with Gasteiger partial charge in [0.15, 0.2) is 11.6 Å². The molecule has 1 aromatic heterocycles. The van der Waals surface area contributed by atoms with Crippen LogP contribution in [0.15, 0.2) is 60.9 Å². The fourth-order valence-electron chi connectivity index (χ4n) is 4.09. The van der Waals surface area contributed by atoms with E-state index in [1.165, 1.54) is 24.5 Å². The SMILES string of the molecule is CN(C)C1CCN(C(=O)Nc2cc(Oc3ccc(NC(=O)CC(=O)Nc4ccccc4)cc3F)ncn2)CC1. The Bertz CT molecular complexity index is 1310. The van der Waals surface area contributed by atoms with E-state index in [1.54, 1.807) is 29.2 Å². The number of benzene rings is 2. The summed E-state index contributed by atoms with van der Waals surface area (Å²) in [6.07, 6.45) is 2.54. The summed E-state index contributed by atoms with van der Waals surface area (Å²) in [6.45, 7) is 1.27. The summed E-state index contributed by atoms with van der Waals surface area (Å²) in [7, 11) is 4.06. The van der Waals surface area contributed by atoms with Crippen molar-refractivity contribution in [1.29, 1.82) is 0 Å². The van der Waals surface area contributed by atoms with Crippen molar-refractivity contribution in [2.45, 2.75) is 25.3 Å². The first-order valence-corrected chi connectivity index (χ1v) is 12.4. The van der Waals surface area contributed by atoms with E-state index in [0.29, 0.717) is 24.8 Å². The lowest BCUT2D eigenvalue weighted by molar-refractivity contribution is -0.123. The second-order valence-electron chi connectivity index (χ2n) is 9.24. The van der Waals surface area contributed by atoms with Crippen molar-refractivity contribution in [3.8, 4) is 11.6 Å². The first-order chi connectivity index (χ1) is 18.8. The Morgan fingerprint density at radius 3 is 2.31 bits per heavy atom. The fourth-order valence-corrected chi connectivity index (χ4v) is 4.09. The van der Waals surface area contributed by atoms with Gasteiger partial charge in [-0.25, -0.2) is 19.2 Å². The highest BCUT2D eigenvalue weighted by atomic mass is 19.1. The lowest BCUT2D eigenvalue weighted by Crippen LogP contribution is -2.46. The van der Waals surface area contributed by atoms with E-state index in [4.69, 9.17) is 4.74 Å². The maximum Gasteiger partial charge on any atom is 0.323 e. The molecule has 0 saturated carbocycles. The van der Waals surface area contributed by atoms with Crippen molar-refractivity contribution in [1.82, 2.24) is 19.8 Å². The molecule has 39 heavy (non-hydrogen) atoms. The van der Waals surface area contributed by atoms with E-state index >= 15 is 0 Å². The van der Waals surface area contributed by atoms with Crippen molar-refractivity contribution in [2.24, 2.45) is 0 Å². The van der Waals surface area contributed by atoms with Gasteiger partial charge in [-0.05, 0) is 51.2 Å². The van der Waals surface area contributed by atoms with Gasteiger partial charge in [-0.3, -0.25) is 14.9 Å². The van der Waals surface area contributed by atoms with Crippen LogP contribution in [0.4, 0.5) is 26.4 Å². The number of hydrogen-bond donors (Lipinski definition) is 3. The predicted molar refractivity (Wildman–Crippen MR) is 144 cm³/mol. The van der Waals surface area contributed by atoms with E-state index in [2.05, 4.69) is 30.8 Å². The lowest BCUT2D eigenvalue weighted by Gasteiger charge is -2.35. The normalized spacial score (nSPS) is 13.6. The summed E-state index contributed by atoms with van der Waals surface area (Å²) in [5.74, 6) is -1.74. The molecule has 0 unspecified atom stereocenters. The van der Waals surface area contributed by atoms with Gasteiger partial charge in [-0.2, -0.15) is 0 Å². The van der Waals surface area contributed by atoms with Gasteiger partial charge >= 0.3 is 6.03 Å². The molecule has 1 aliphatic rings. The van der Waals surface area contributed by atoms with Crippen LogP contribution in [0.5, 0.6) is 11.6 Å². The summed E-state index contributed by atoms with van der Waals surface area (Å²) in [5, 5.41) is 7.82. The van der Waals surface area contributed by atoms with Crippen LogP contribution in [0.1, 0.15) is 19.3 Å². The van der Waals surface area contributed by atoms with Gasteiger partial charge < -0.3 is 25.2 Å². The van der Waals surface area contributed by atoms with Crippen molar-refractivity contribution < 1.29 is 23.5 Å². The Labute approximate surface area is 225 Å². The zero-order valence-corrected chi connectivity index (χ0v) is 21.7. The molecule has 0 atom stereocenters. The number of hydrogen-bond acceptors (Lipinski definition) is 7. The topological polar surface area (TPSA) is 129 Å². The van der Waals surface area contributed by atoms with Crippen LogP contribution < -0.4 is 20.7 Å². The summed E-state index contributed by atoms with van der Waals surface area (Å²) in [5.41, 5.74) is 0.728. The molecule has 1 aliphatic heterocycles. The number of urea groups is 1. The Kier molecular flexibility index (Phi) is 9.00. The van der Waals surface area contributed by atoms with Gasteiger partial charge in [0, 0.05) is 42.6 Å². The molecule has 11 nitrogen and oxygen atoms in total. The number of carbonyl (C=O) groups is 3. The number of piperidine rings is 1. The third-order valence-corrected chi connectivity index (χ3v) is 6.17. The number of ether oxygens (including phenoxy) is 1. The molecule has 0 aliphatic carbocycles. The highest BCUT2D eigenvalue weighted by Gasteiger charge is 2.24. The smallest absolute Gasteiger partial charge is 0.323 e. The van der Waals surface area contributed by atoms with Crippen LogP contribution in [0.3, 0.4) is 0 Å². The van der Waals surface area contributed by atoms with Gasteiger partial charge in [0.05, 0.1) is 0 Å². The predicted octanol–water partition coefficient (Wildman–Crippen LogP) is 3.93. The minimum Gasteiger partial charge on any atom is -0.436 e. The molecule has 4 rings (SSSR count). The molecule has 1 saturated heterocycles. The molecular formula is C27H30FN7O4. The number of halogens is 1. The van der Waals surface area contributed by atoms with Gasteiger partial charge in [0.25, 0.3) is 0 Å². The average Bonchev–Trinajstić information content (AvgIpc) is 2.91. The minimum atomic E-state index is -0.755. The molecule has 0 bridgehead atoms. The number of para-hydroxylation sites is 1. The highest BCUT2D eigenvalue weighted by Crippen LogP contribution is 2.26. The zero-order valence-electron chi connectivity index (χ0n) is 21.7. The van der Waals surface area contributed by atoms with Crippen LogP contribution in [0, 0.1) is 5.82 Å². The first kappa shape index (κ1) is 27.5. The minimum absolute atomic E-state index is 0.0277. The number of carbonyl (C=O) groups excluding carboxylic acids is 3. The van der Waals surface area contributed by atoms with Gasteiger partial charge in [0.1, 0.15) is 18.6 Å². The Hall–Kier alpha value is -4.58. The van der Waals surface area contributed by atoms with Crippen LogP contribution in [0.25, 0.3) is 0 Å². The van der Waals surface area contributed by atoms with E-state index in [9.17, 15) is 18.8 Å². The van der Waals surface area contributed by atoms with E-state index in [-0.39, 0.29) is 29.2 Å². The van der Waals surface area contributed by atoms with E-state index in [0.717, 1.165) is 18.9 Å². The van der Waals surface area contributed by atoms with Crippen LogP contribution in [-0.2, 0) is 9.59 Å². The zero-order chi connectivity index (χ0) is 27.8. The second-order valence-corrected chi connectivity index (χ2v) is 9.24. The highest BCUT2D eigenvalue weighted by molar-refractivity contribution is 6.08. The van der Waals surface area contributed by atoms with Gasteiger partial charge in [0.2, 0.25) is 17.7 Å². The Balaban J connectivity index is 1.29. The first-order valence-electron chi connectivity index (χ1n) is 12.4.